The number of hydrogen-bond acceptors (Lipinski definition) is 4. The van der Waals surface area contributed by atoms with Crippen LogP contribution in [0.4, 0.5) is 4.39 Å². The number of terminal acetylenes is 1. The third-order valence-corrected chi connectivity index (χ3v) is 5.52. The molecule has 0 aliphatic carbocycles. The lowest BCUT2D eigenvalue weighted by atomic mass is 10.0. The highest BCUT2D eigenvalue weighted by atomic mass is 32.2. The van der Waals surface area contributed by atoms with Crippen molar-refractivity contribution in [2.24, 2.45) is 5.92 Å². The van der Waals surface area contributed by atoms with E-state index in [1.165, 1.54) is 16.8 Å². The molecule has 25 heavy (non-hydrogen) atoms. The highest BCUT2D eigenvalue weighted by Gasteiger charge is 2.29. The summed E-state index contributed by atoms with van der Waals surface area (Å²) in [5.74, 6) is 1.67. The van der Waals surface area contributed by atoms with Gasteiger partial charge < -0.3 is 4.74 Å². The number of aromatic nitrogens is 2. The average molecular weight is 363 g/mol. The van der Waals surface area contributed by atoms with Gasteiger partial charge in [-0.15, -0.1) is 6.42 Å². The third-order valence-electron chi connectivity index (χ3n) is 4.09. The molecule has 1 aromatic heterocycles. The first-order valence-corrected chi connectivity index (χ1v) is 9.26. The van der Waals surface area contributed by atoms with E-state index in [0.717, 1.165) is 11.6 Å². The van der Waals surface area contributed by atoms with Gasteiger partial charge in [0, 0.05) is 18.7 Å². The summed E-state index contributed by atoms with van der Waals surface area (Å²) in [7, 11) is -3.94. The predicted octanol–water partition coefficient (Wildman–Crippen LogP) is 1.64. The summed E-state index contributed by atoms with van der Waals surface area (Å²) in [5, 5.41) is 4.02. The monoisotopic (exact) mass is 363 g/mol. The Morgan fingerprint density at radius 1 is 1.52 bits per heavy atom. The van der Waals surface area contributed by atoms with Crippen molar-refractivity contribution in [3.63, 3.8) is 0 Å². The summed E-state index contributed by atoms with van der Waals surface area (Å²) in [6, 6.07) is 2.98. The Bertz CT molecular complexity index is 911. The summed E-state index contributed by atoms with van der Waals surface area (Å²) in [6.45, 7) is 2.79. The quantitative estimate of drug-likeness (QED) is 0.820. The Kier molecular flexibility index (Phi) is 4.90. The van der Waals surface area contributed by atoms with Gasteiger partial charge in [0.25, 0.3) is 0 Å². The van der Waals surface area contributed by atoms with Gasteiger partial charge in [-0.3, -0.25) is 0 Å². The number of benzene rings is 1. The van der Waals surface area contributed by atoms with Crippen molar-refractivity contribution < 1.29 is 17.5 Å². The second kappa shape index (κ2) is 6.96. The summed E-state index contributed by atoms with van der Waals surface area (Å²) >= 11 is 0. The standard InChI is InChI=1S/C17H18FN3O3S/c1-3-16(13-6-7-24-11-13)20-25(22,23)14-4-5-17(15(18)8-14)21-10-12(2)9-19-21/h1,4-5,8-10,13,16,20H,6-7,11H2,2H3/t13-,16-/m0/s1. The van der Waals surface area contributed by atoms with E-state index in [-0.39, 0.29) is 16.5 Å². The maximum absolute atomic E-state index is 14.4. The minimum absolute atomic E-state index is 0.0871. The first-order chi connectivity index (χ1) is 11.9. The Balaban J connectivity index is 1.85. The van der Waals surface area contributed by atoms with E-state index in [2.05, 4.69) is 15.7 Å². The lowest BCUT2D eigenvalue weighted by Gasteiger charge is -2.18. The number of nitrogens with zero attached hydrogens (tertiary/aromatic N) is 2. The summed E-state index contributed by atoms with van der Waals surface area (Å²) in [5.41, 5.74) is 1.04. The van der Waals surface area contributed by atoms with Crippen molar-refractivity contribution in [2.75, 3.05) is 13.2 Å². The number of halogens is 1. The van der Waals surface area contributed by atoms with Crippen LogP contribution in [0.1, 0.15) is 12.0 Å². The summed E-state index contributed by atoms with van der Waals surface area (Å²) in [6.07, 6.45) is 9.38. The van der Waals surface area contributed by atoms with Crippen LogP contribution in [0, 0.1) is 31.0 Å². The van der Waals surface area contributed by atoms with Crippen molar-refractivity contribution in [1.29, 1.82) is 0 Å². The number of nitrogens with one attached hydrogen (secondary N) is 1. The number of hydrogen-bond donors (Lipinski definition) is 1. The lowest BCUT2D eigenvalue weighted by Crippen LogP contribution is -2.39. The fourth-order valence-electron chi connectivity index (χ4n) is 2.70. The van der Waals surface area contributed by atoms with Crippen LogP contribution in [0.15, 0.2) is 35.5 Å². The van der Waals surface area contributed by atoms with E-state index < -0.39 is 21.9 Å². The zero-order chi connectivity index (χ0) is 18.0. The number of sulfonamides is 1. The SMILES string of the molecule is C#C[C@H](NS(=O)(=O)c1ccc(-n2cc(C)cn2)c(F)c1)[C@H]1CCOC1. The molecule has 1 fully saturated rings. The molecule has 3 rings (SSSR count). The van der Waals surface area contributed by atoms with Crippen LogP contribution in [0.25, 0.3) is 5.69 Å². The van der Waals surface area contributed by atoms with Crippen LogP contribution in [0.3, 0.4) is 0 Å². The molecule has 6 nitrogen and oxygen atoms in total. The molecule has 0 amide bonds. The molecule has 0 bridgehead atoms. The molecule has 0 radical (unpaired) electrons. The van der Waals surface area contributed by atoms with Gasteiger partial charge in [0.05, 0.1) is 23.7 Å². The molecule has 2 heterocycles. The van der Waals surface area contributed by atoms with Crippen molar-refractivity contribution >= 4 is 10.0 Å². The summed E-state index contributed by atoms with van der Waals surface area (Å²) < 4.78 is 48.5. The van der Waals surface area contributed by atoms with E-state index in [1.807, 2.05) is 6.92 Å². The molecule has 1 aliphatic heterocycles. The molecular weight excluding hydrogens is 345 g/mol. The fourth-order valence-corrected chi connectivity index (χ4v) is 3.94. The molecule has 0 unspecified atom stereocenters. The Morgan fingerprint density at radius 2 is 2.32 bits per heavy atom. The molecule has 1 aliphatic rings. The zero-order valence-electron chi connectivity index (χ0n) is 13.6. The first kappa shape index (κ1) is 17.6. The molecule has 8 heteroatoms. The molecule has 2 atom stereocenters. The Morgan fingerprint density at radius 3 is 2.88 bits per heavy atom. The number of rotatable bonds is 5. The molecule has 1 aromatic carbocycles. The van der Waals surface area contributed by atoms with E-state index in [4.69, 9.17) is 11.2 Å². The normalized spacial score (nSPS) is 18.8. The maximum Gasteiger partial charge on any atom is 0.241 e. The van der Waals surface area contributed by atoms with Gasteiger partial charge in [-0.2, -0.15) is 9.82 Å². The smallest absolute Gasteiger partial charge is 0.241 e. The molecular formula is C17H18FN3O3S. The Hall–Kier alpha value is -2.21. The molecule has 0 spiro atoms. The van der Waals surface area contributed by atoms with Crippen LogP contribution in [-0.4, -0.2) is 37.5 Å². The second-order valence-corrected chi connectivity index (χ2v) is 7.68. The Labute approximate surface area is 146 Å². The van der Waals surface area contributed by atoms with Gasteiger partial charge in [0.15, 0.2) is 0 Å². The van der Waals surface area contributed by atoms with Crippen molar-refractivity contribution in [3.05, 3.63) is 42.0 Å². The predicted molar refractivity (Wildman–Crippen MR) is 90.1 cm³/mol. The average Bonchev–Trinajstić information content (AvgIpc) is 3.24. The van der Waals surface area contributed by atoms with Gasteiger partial charge in [0.1, 0.15) is 11.5 Å². The van der Waals surface area contributed by atoms with Crippen LogP contribution in [-0.2, 0) is 14.8 Å². The van der Waals surface area contributed by atoms with E-state index in [9.17, 15) is 12.8 Å². The maximum atomic E-state index is 14.4. The van der Waals surface area contributed by atoms with Crippen molar-refractivity contribution in [1.82, 2.24) is 14.5 Å². The molecule has 132 valence electrons. The van der Waals surface area contributed by atoms with Crippen molar-refractivity contribution in [2.45, 2.75) is 24.3 Å². The van der Waals surface area contributed by atoms with Gasteiger partial charge in [0.2, 0.25) is 10.0 Å². The van der Waals surface area contributed by atoms with Crippen molar-refractivity contribution in [3.8, 4) is 18.0 Å². The third kappa shape index (κ3) is 3.74. The highest BCUT2D eigenvalue weighted by molar-refractivity contribution is 7.89. The molecule has 1 saturated heterocycles. The minimum Gasteiger partial charge on any atom is -0.381 e. The minimum atomic E-state index is -3.94. The lowest BCUT2D eigenvalue weighted by molar-refractivity contribution is 0.183. The number of ether oxygens (including phenoxy) is 1. The van der Waals surface area contributed by atoms with Gasteiger partial charge >= 0.3 is 0 Å². The number of aryl methyl sites for hydroxylation is 1. The van der Waals surface area contributed by atoms with E-state index in [0.29, 0.717) is 19.6 Å². The molecule has 0 saturated carbocycles. The zero-order valence-corrected chi connectivity index (χ0v) is 14.5. The van der Waals surface area contributed by atoms with Crippen LogP contribution in [0.5, 0.6) is 0 Å². The fraction of sp³-hybridized carbons (Fsp3) is 0.353. The first-order valence-electron chi connectivity index (χ1n) is 7.78. The van der Waals surface area contributed by atoms with Crippen LogP contribution in [0.2, 0.25) is 0 Å². The van der Waals surface area contributed by atoms with Gasteiger partial charge in [-0.25, -0.2) is 17.5 Å². The molecule has 2 aromatic rings. The molecule has 1 N–H and O–H groups in total. The largest absolute Gasteiger partial charge is 0.381 e. The van der Waals surface area contributed by atoms with Gasteiger partial charge in [-0.05, 0) is 37.1 Å². The highest BCUT2D eigenvalue weighted by Crippen LogP contribution is 2.21. The second-order valence-electron chi connectivity index (χ2n) is 5.96. The van der Waals surface area contributed by atoms with Gasteiger partial charge in [-0.1, -0.05) is 5.92 Å². The van der Waals surface area contributed by atoms with Crippen LogP contribution < -0.4 is 4.72 Å². The topological polar surface area (TPSA) is 73.2 Å². The van der Waals surface area contributed by atoms with E-state index >= 15 is 0 Å². The van der Waals surface area contributed by atoms with Crippen LogP contribution >= 0.6 is 0 Å². The van der Waals surface area contributed by atoms with E-state index in [1.54, 1.807) is 12.4 Å². The summed E-state index contributed by atoms with van der Waals surface area (Å²) in [4.78, 5) is -0.184.